The first kappa shape index (κ1) is 17.8. The Morgan fingerprint density at radius 2 is 1.76 bits per heavy atom. The van der Waals surface area contributed by atoms with Crippen molar-refractivity contribution in [1.82, 2.24) is 14.2 Å². The molecule has 1 aromatic heterocycles. The van der Waals surface area contributed by atoms with Crippen LogP contribution in [0.2, 0.25) is 0 Å². The first-order valence-corrected chi connectivity index (χ1v) is 9.52. The highest BCUT2D eigenvalue weighted by Gasteiger charge is 2.27. The van der Waals surface area contributed by atoms with Crippen LogP contribution >= 0.6 is 0 Å². The van der Waals surface area contributed by atoms with Gasteiger partial charge in [0, 0.05) is 38.9 Å². The summed E-state index contributed by atoms with van der Waals surface area (Å²) in [4.78, 5) is 6.49. The molecule has 0 spiro atoms. The number of aromatic nitrogens is 1. The summed E-state index contributed by atoms with van der Waals surface area (Å²) < 4.78 is 39.6. The number of halogens is 1. The summed E-state index contributed by atoms with van der Waals surface area (Å²) in [5.41, 5.74) is 0.914. The molecule has 6 nitrogen and oxygen atoms in total. The summed E-state index contributed by atoms with van der Waals surface area (Å²) in [5, 5.41) is 3.10. The largest absolute Gasteiger partial charge is 0.366 e. The van der Waals surface area contributed by atoms with Gasteiger partial charge in [-0.25, -0.2) is 17.8 Å². The number of anilines is 1. The molecule has 3 rings (SSSR count). The molecule has 0 amide bonds. The Bertz CT molecular complexity index is 802. The van der Waals surface area contributed by atoms with E-state index in [0.29, 0.717) is 25.5 Å². The minimum atomic E-state index is -3.50. The van der Waals surface area contributed by atoms with Crippen LogP contribution in [0.5, 0.6) is 0 Å². The van der Waals surface area contributed by atoms with Crippen LogP contribution in [0.4, 0.5) is 10.2 Å². The zero-order chi connectivity index (χ0) is 17.9. The number of sulfonamides is 1. The maximum atomic E-state index is 12.9. The third-order valence-electron chi connectivity index (χ3n) is 4.22. The van der Waals surface area contributed by atoms with E-state index < -0.39 is 10.0 Å². The van der Waals surface area contributed by atoms with Gasteiger partial charge in [0.15, 0.2) is 0 Å². The van der Waals surface area contributed by atoms with E-state index in [1.54, 1.807) is 24.3 Å². The molecule has 0 atom stereocenters. The molecule has 1 N–H and O–H groups in total. The quantitative estimate of drug-likeness (QED) is 0.876. The Hall–Kier alpha value is -2.03. The van der Waals surface area contributed by atoms with E-state index in [1.807, 2.05) is 7.05 Å². The van der Waals surface area contributed by atoms with E-state index in [2.05, 4.69) is 15.2 Å². The highest BCUT2D eigenvalue weighted by atomic mass is 32.2. The molecule has 0 radical (unpaired) electrons. The molecular formula is C17H21FN4O2S. The monoisotopic (exact) mass is 364 g/mol. The summed E-state index contributed by atoms with van der Waals surface area (Å²) in [6.07, 6.45) is 1.38. The van der Waals surface area contributed by atoms with E-state index in [0.717, 1.165) is 18.7 Å². The number of likely N-dealkylation sites (N-methyl/N-ethyl adjacent to an activating group) is 1. The number of hydrogen-bond donors (Lipinski definition) is 1. The summed E-state index contributed by atoms with van der Waals surface area (Å²) in [6, 6.07) is 9.38. The highest BCUT2D eigenvalue weighted by molar-refractivity contribution is 7.89. The second-order valence-electron chi connectivity index (χ2n) is 6.07. The average Bonchev–Trinajstić information content (AvgIpc) is 2.62. The van der Waals surface area contributed by atoms with Crippen molar-refractivity contribution in [3.63, 3.8) is 0 Å². The maximum absolute atomic E-state index is 12.9. The Morgan fingerprint density at radius 3 is 2.36 bits per heavy atom. The molecule has 0 bridgehead atoms. The molecule has 2 heterocycles. The van der Waals surface area contributed by atoms with E-state index in [-0.39, 0.29) is 10.7 Å². The maximum Gasteiger partial charge on any atom is 0.244 e. The van der Waals surface area contributed by atoms with Crippen molar-refractivity contribution in [3.8, 4) is 0 Å². The fourth-order valence-corrected chi connectivity index (χ4v) is 3.98. The molecule has 0 aliphatic carbocycles. The number of nitrogens with one attached hydrogen (secondary N) is 1. The first-order chi connectivity index (χ1) is 11.9. The SMILES string of the molecule is CN1CCN(S(=O)(=O)c2ccc(NCc3ccc(F)cc3)nc2)CC1. The number of pyridine rings is 1. The minimum absolute atomic E-state index is 0.199. The zero-order valence-corrected chi connectivity index (χ0v) is 14.8. The lowest BCUT2D eigenvalue weighted by Gasteiger charge is -2.31. The number of benzene rings is 1. The molecule has 1 saturated heterocycles. The summed E-state index contributed by atoms with van der Waals surface area (Å²) in [6.45, 7) is 2.92. The summed E-state index contributed by atoms with van der Waals surface area (Å²) in [7, 11) is -1.52. The van der Waals surface area contributed by atoms with Crippen molar-refractivity contribution >= 4 is 15.8 Å². The average molecular weight is 364 g/mol. The van der Waals surface area contributed by atoms with Crippen LogP contribution in [-0.4, -0.2) is 55.8 Å². The molecule has 1 fully saturated rings. The smallest absolute Gasteiger partial charge is 0.244 e. The number of piperazine rings is 1. The van der Waals surface area contributed by atoms with Gasteiger partial charge >= 0.3 is 0 Å². The van der Waals surface area contributed by atoms with Gasteiger partial charge in [0.05, 0.1) is 0 Å². The van der Waals surface area contributed by atoms with Crippen molar-refractivity contribution in [1.29, 1.82) is 0 Å². The molecule has 8 heteroatoms. The second-order valence-corrected chi connectivity index (χ2v) is 8.00. The van der Waals surface area contributed by atoms with E-state index in [9.17, 15) is 12.8 Å². The lowest BCUT2D eigenvalue weighted by Crippen LogP contribution is -2.47. The second kappa shape index (κ2) is 7.47. The third-order valence-corrected chi connectivity index (χ3v) is 6.11. The number of hydrogen-bond acceptors (Lipinski definition) is 5. The third kappa shape index (κ3) is 4.33. The molecule has 1 aromatic carbocycles. The molecular weight excluding hydrogens is 343 g/mol. The van der Waals surface area contributed by atoms with E-state index in [1.165, 1.54) is 22.6 Å². The van der Waals surface area contributed by atoms with E-state index in [4.69, 9.17) is 0 Å². The molecule has 0 unspecified atom stereocenters. The lowest BCUT2D eigenvalue weighted by atomic mass is 10.2. The van der Waals surface area contributed by atoms with Crippen LogP contribution in [0.15, 0.2) is 47.5 Å². The van der Waals surface area contributed by atoms with Gasteiger partial charge in [-0.15, -0.1) is 0 Å². The van der Waals surface area contributed by atoms with Gasteiger partial charge in [-0.2, -0.15) is 4.31 Å². The van der Waals surface area contributed by atoms with Crippen molar-refractivity contribution in [2.45, 2.75) is 11.4 Å². The van der Waals surface area contributed by atoms with Crippen molar-refractivity contribution < 1.29 is 12.8 Å². The summed E-state index contributed by atoms with van der Waals surface area (Å²) in [5.74, 6) is 0.294. The number of rotatable bonds is 5. The standard InChI is InChI=1S/C17H21FN4O2S/c1-21-8-10-22(11-9-21)25(23,24)16-6-7-17(20-13-16)19-12-14-2-4-15(18)5-3-14/h2-7,13H,8-12H2,1H3,(H,19,20). The van der Waals surface area contributed by atoms with Crippen molar-refractivity contribution in [2.75, 3.05) is 38.5 Å². The molecule has 1 aliphatic heterocycles. The van der Waals surface area contributed by atoms with Crippen LogP contribution < -0.4 is 5.32 Å². The van der Waals surface area contributed by atoms with Crippen molar-refractivity contribution in [3.05, 3.63) is 54.0 Å². The molecule has 25 heavy (non-hydrogen) atoms. The molecule has 2 aromatic rings. The molecule has 134 valence electrons. The van der Waals surface area contributed by atoms with Crippen LogP contribution in [0.25, 0.3) is 0 Å². The topological polar surface area (TPSA) is 65.5 Å². The minimum Gasteiger partial charge on any atom is -0.366 e. The number of nitrogens with zero attached hydrogens (tertiary/aromatic N) is 3. The van der Waals surface area contributed by atoms with Gasteiger partial charge in [0.2, 0.25) is 10.0 Å². The van der Waals surface area contributed by atoms with Gasteiger partial charge in [-0.3, -0.25) is 0 Å². The van der Waals surface area contributed by atoms with Gasteiger partial charge < -0.3 is 10.2 Å². The Morgan fingerprint density at radius 1 is 1.08 bits per heavy atom. The fraction of sp³-hybridized carbons (Fsp3) is 0.353. The predicted molar refractivity (Wildman–Crippen MR) is 94.2 cm³/mol. The van der Waals surface area contributed by atoms with Gasteiger partial charge in [0.1, 0.15) is 16.5 Å². The fourth-order valence-electron chi connectivity index (χ4n) is 2.61. The van der Waals surface area contributed by atoms with E-state index >= 15 is 0 Å². The van der Waals surface area contributed by atoms with Crippen molar-refractivity contribution in [2.24, 2.45) is 0 Å². The first-order valence-electron chi connectivity index (χ1n) is 8.08. The highest BCUT2D eigenvalue weighted by Crippen LogP contribution is 2.18. The predicted octanol–water partition coefficient (Wildman–Crippen LogP) is 1.77. The Labute approximate surface area is 147 Å². The Balaban J connectivity index is 1.64. The zero-order valence-electron chi connectivity index (χ0n) is 14.0. The summed E-state index contributed by atoms with van der Waals surface area (Å²) >= 11 is 0. The van der Waals surface area contributed by atoms with Gasteiger partial charge in [-0.05, 0) is 36.9 Å². The van der Waals surface area contributed by atoms with Crippen LogP contribution in [0.1, 0.15) is 5.56 Å². The lowest BCUT2D eigenvalue weighted by molar-refractivity contribution is 0.222. The van der Waals surface area contributed by atoms with Crippen LogP contribution in [0.3, 0.4) is 0 Å². The molecule has 1 aliphatic rings. The normalized spacial score (nSPS) is 16.7. The Kier molecular flexibility index (Phi) is 5.31. The van der Waals surface area contributed by atoms with Crippen LogP contribution in [0, 0.1) is 5.82 Å². The molecule has 0 saturated carbocycles. The van der Waals surface area contributed by atoms with Gasteiger partial charge in [-0.1, -0.05) is 12.1 Å². The van der Waals surface area contributed by atoms with Crippen LogP contribution in [-0.2, 0) is 16.6 Å². The van der Waals surface area contributed by atoms with Gasteiger partial charge in [0.25, 0.3) is 0 Å².